The van der Waals surface area contributed by atoms with Gasteiger partial charge in [0, 0.05) is 12.7 Å². The zero-order chi connectivity index (χ0) is 13.0. The van der Waals surface area contributed by atoms with E-state index in [1.165, 1.54) is 12.3 Å². The summed E-state index contributed by atoms with van der Waals surface area (Å²) in [5.41, 5.74) is 1.14. The van der Waals surface area contributed by atoms with Crippen molar-refractivity contribution in [2.75, 3.05) is 7.05 Å². The molecule has 2 heterocycles. The van der Waals surface area contributed by atoms with E-state index in [0.29, 0.717) is 18.8 Å². The van der Waals surface area contributed by atoms with Gasteiger partial charge in [-0.3, -0.25) is 9.88 Å². The van der Waals surface area contributed by atoms with E-state index < -0.39 is 5.97 Å². The second-order valence-corrected chi connectivity index (χ2v) is 4.10. The summed E-state index contributed by atoms with van der Waals surface area (Å²) < 4.78 is 5.19. The van der Waals surface area contributed by atoms with Gasteiger partial charge < -0.3 is 9.52 Å². The van der Waals surface area contributed by atoms with Crippen LogP contribution in [0.5, 0.6) is 0 Å². The monoisotopic (exact) mass is 246 g/mol. The van der Waals surface area contributed by atoms with Crippen LogP contribution in [0.1, 0.15) is 21.8 Å². The number of furan rings is 1. The Balaban J connectivity index is 1.94. The van der Waals surface area contributed by atoms with Crippen molar-refractivity contribution in [3.8, 4) is 0 Å². The molecule has 0 aliphatic rings. The van der Waals surface area contributed by atoms with E-state index in [0.717, 1.165) is 5.69 Å². The molecule has 0 amide bonds. The normalized spacial score (nSPS) is 10.8. The molecule has 0 atom stereocenters. The van der Waals surface area contributed by atoms with Crippen LogP contribution < -0.4 is 0 Å². The van der Waals surface area contributed by atoms with Crippen molar-refractivity contribution in [3.05, 3.63) is 53.7 Å². The van der Waals surface area contributed by atoms with E-state index in [1.54, 1.807) is 6.20 Å². The Morgan fingerprint density at radius 1 is 1.44 bits per heavy atom. The van der Waals surface area contributed by atoms with Gasteiger partial charge in [0.15, 0.2) is 0 Å². The highest BCUT2D eigenvalue weighted by atomic mass is 16.4. The molecule has 1 N–H and O–H groups in total. The van der Waals surface area contributed by atoms with Crippen molar-refractivity contribution >= 4 is 5.97 Å². The van der Waals surface area contributed by atoms with Crippen molar-refractivity contribution in [2.45, 2.75) is 13.1 Å². The summed E-state index contributed by atoms with van der Waals surface area (Å²) in [6.45, 7) is 1.23. The number of carboxylic acid groups (broad SMARTS) is 1. The Labute approximate surface area is 105 Å². The highest BCUT2D eigenvalue weighted by molar-refractivity contribution is 5.87. The van der Waals surface area contributed by atoms with Crippen LogP contribution >= 0.6 is 0 Å². The highest BCUT2D eigenvalue weighted by Gasteiger charge is 2.10. The summed E-state index contributed by atoms with van der Waals surface area (Å²) in [6, 6.07) is 7.29. The standard InChI is InChI=1S/C13H14N2O3/c1-15(7-11-4-2-3-5-14-11)8-12-6-10(9-18-12)13(16)17/h2-6,9H,7-8H2,1H3,(H,16,17). The summed E-state index contributed by atoms with van der Waals surface area (Å²) >= 11 is 0. The Morgan fingerprint density at radius 3 is 2.89 bits per heavy atom. The Hall–Kier alpha value is -2.14. The SMILES string of the molecule is CN(Cc1ccccn1)Cc1cc(C(=O)O)co1. The van der Waals surface area contributed by atoms with E-state index >= 15 is 0 Å². The molecule has 0 aliphatic carbocycles. The molecule has 0 aromatic carbocycles. The zero-order valence-corrected chi connectivity index (χ0v) is 10.0. The lowest BCUT2D eigenvalue weighted by Gasteiger charge is -2.14. The summed E-state index contributed by atoms with van der Waals surface area (Å²) in [5, 5.41) is 8.78. The molecule has 0 unspecified atom stereocenters. The second kappa shape index (κ2) is 5.46. The molecule has 0 saturated heterocycles. The summed E-state index contributed by atoms with van der Waals surface area (Å²) in [5.74, 6) is -0.344. The van der Waals surface area contributed by atoms with Crippen LogP contribution in [0.15, 0.2) is 41.1 Å². The average molecular weight is 246 g/mol. The minimum Gasteiger partial charge on any atom is -0.478 e. The number of pyridine rings is 1. The van der Waals surface area contributed by atoms with Gasteiger partial charge in [-0.15, -0.1) is 0 Å². The molecule has 0 spiro atoms. The first-order valence-corrected chi connectivity index (χ1v) is 5.54. The van der Waals surface area contributed by atoms with Crippen LogP contribution in [0.3, 0.4) is 0 Å². The number of carboxylic acids is 1. The molecular weight excluding hydrogens is 232 g/mol. The van der Waals surface area contributed by atoms with Gasteiger partial charge in [0.25, 0.3) is 0 Å². The topological polar surface area (TPSA) is 66.6 Å². The lowest BCUT2D eigenvalue weighted by molar-refractivity contribution is 0.0696. The summed E-state index contributed by atoms with van der Waals surface area (Å²) in [4.78, 5) is 16.9. The third-order valence-electron chi connectivity index (χ3n) is 2.48. The maximum atomic E-state index is 10.7. The number of nitrogens with zero attached hydrogens (tertiary/aromatic N) is 2. The Morgan fingerprint density at radius 2 is 2.28 bits per heavy atom. The van der Waals surface area contributed by atoms with Gasteiger partial charge in [-0.25, -0.2) is 4.79 Å². The van der Waals surface area contributed by atoms with Crippen molar-refractivity contribution in [3.63, 3.8) is 0 Å². The fourth-order valence-electron chi connectivity index (χ4n) is 1.67. The molecule has 0 fully saturated rings. The van der Waals surface area contributed by atoms with Gasteiger partial charge in [-0.05, 0) is 25.2 Å². The van der Waals surface area contributed by atoms with E-state index in [-0.39, 0.29) is 5.56 Å². The number of carbonyl (C=O) groups is 1. The van der Waals surface area contributed by atoms with Crippen LogP contribution in [0, 0.1) is 0 Å². The van der Waals surface area contributed by atoms with Crippen molar-refractivity contribution in [1.82, 2.24) is 9.88 Å². The number of aromatic nitrogens is 1. The van der Waals surface area contributed by atoms with E-state index in [1.807, 2.05) is 30.1 Å². The molecule has 18 heavy (non-hydrogen) atoms. The third kappa shape index (κ3) is 3.18. The molecule has 2 aromatic heterocycles. The van der Waals surface area contributed by atoms with E-state index in [9.17, 15) is 4.79 Å². The quantitative estimate of drug-likeness (QED) is 0.874. The Kier molecular flexibility index (Phi) is 3.74. The van der Waals surface area contributed by atoms with Gasteiger partial charge in [-0.1, -0.05) is 6.07 Å². The van der Waals surface area contributed by atoms with Crippen LogP contribution in [-0.4, -0.2) is 28.0 Å². The van der Waals surface area contributed by atoms with Crippen molar-refractivity contribution in [2.24, 2.45) is 0 Å². The zero-order valence-electron chi connectivity index (χ0n) is 10.0. The molecule has 2 rings (SSSR count). The molecule has 0 radical (unpaired) electrons. The molecule has 0 bridgehead atoms. The first-order valence-electron chi connectivity index (χ1n) is 5.54. The molecule has 0 saturated carbocycles. The van der Waals surface area contributed by atoms with Crippen molar-refractivity contribution in [1.29, 1.82) is 0 Å². The fourth-order valence-corrected chi connectivity index (χ4v) is 1.67. The number of aromatic carboxylic acids is 1. The molecular formula is C13H14N2O3. The lowest BCUT2D eigenvalue weighted by atomic mass is 10.3. The van der Waals surface area contributed by atoms with Gasteiger partial charge in [0.2, 0.25) is 0 Å². The molecule has 0 aliphatic heterocycles. The van der Waals surface area contributed by atoms with Gasteiger partial charge in [-0.2, -0.15) is 0 Å². The number of rotatable bonds is 5. The van der Waals surface area contributed by atoms with Crippen LogP contribution in [0.2, 0.25) is 0 Å². The highest BCUT2D eigenvalue weighted by Crippen LogP contribution is 2.11. The molecule has 2 aromatic rings. The fraction of sp³-hybridized carbons (Fsp3) is 0.231. The van der Waals surface area contributed by atoms with E-state index in [4.69, 9.17) is 9.52 Å². The maximum absolute atomic E-state index is 10.7. The van der Waals surface area contributed by atoms with Gasteiger partial charge >= 0.3 is 5.97 Å². The van der Waals surface area contributed by atoms with Crippen LogP contribution in [0.25, 0.3) is 0 Å². The number of hydrogen-bond donors (Lipinski definition) is 1. The third-order valence-corrected chi connectivity index (χ3v) is 2.48. The average Bonchev–Trinajstić information content (AvgIpc) is 2.78. The van der Waals surface area contributed by atoms with Crippen molar-refractivity contribution < 1.29 is 14.3 Å². The Bertz CT molecular complexity index is 522. The van der Waals surface area contributed by atoms with E-state index in [2.05, 4.69) is 4.98 Å². The molecule has 94 valence electrons. The molecule has 5 nitrogen and oxygen atoms in total. The lowest BCUT2D eigenvalue weighted by Crippen LogP contribution is -2.17. The largest absolute Gasteiger partial charge is 0.478 e. The number of hydrogen-bond acceptors (Lipinski definition) is 4. The van der Waals surface area contributed by atoms with Crippen LogP contribution in [-0.2, 0) is 13.1 Å². The minimum absolute atomic E-state index is 0.177. The first kappa shape index (κ1) is 12.3. The predicted molar refractivity (Wildman–Crippen MR) is 65.1 cm³/mol. The second-order valence-electron chi connectivity index (χ2n) is 4.10. The first-order chi connectivity index (χ1) is 8.65. The summed E-state index contributed by atoms with van der Waals surface area (Å²) in [7, 11) is 1.93. The van der Waals surface area contributed by atoms with Gasteiger partial charge in [0.05, 0.1) is 17.8 Å². The van der Waals surface area contributed by atoms with Gasteiger partial charge in [0.1, 0.15) is 12.0 Å². The summed E-state index contributed by atoms with van der Waals surface area (Å²) in [6.07, 6.45) is 3.00. The van der Waals surface area contributed by atoms with Crippen LogP contribution in [0.4, 0.5) is 0 Å². The predicted octanol–water partition coefficient (Wildman–Crippen LogP) is 2.00. The maximum Gasteiger partial charge on any atom is 0.338 e. The smallest absolute Gasteiger partial charge is 0.338 e. The minimum atomic E-state index is -0.975. The molecule has 5 heteroatoms.